The Labute approximate surface area is 299 Å². The van der Waals surface area contributed by atoms with Crippen molar-refractivity contribution in [3.05, 3.63) is 10.1 Å². The number of hydrogen-bond acceptors (Lipinski definition) is 12. The van der Waals surface area contributed by atoms with Crippen molar-refractivity contribution < 1.29 is 117 Å². The van der Waals surface area contributed by atoms with Gasteiger partial charge in [0.15, 0.2) is 0 Å². The molecule has 0 aliphatic carbocycles. The monoisotopic (exact) mass is 821 g/mol. The third kappa shape index (κ3) is 514. The van der Waals surface area contributed by atoms with Gasteiger partial charge in [0.1, 0.15) is 0 Å². The fourth-order valence-electron chi connectivity index (χ4n) is 1.26. The maximum atomic E-state index is 9.82. The first-order valence-corrected chi connectivity index (χ1v) is 16.2. The molecule has 0 fully saturated rings. The topological polar surface area (TPSA) is 262 Å². The van der Waals surface area contributed by atoms with Crippen LogP contribution in [0.3, 0.4) is 0 Å². The van der Waals surface area contributed by atoms with Crippen LogP contribution in [0, 0.1) is 15.5 Å². The van der Waals surface area contributed by atoms with Gasteiger partial charge in [0, 0.05) is 6.92 Å². The van der Waals surface area contributed by atoms with Gasteiger partial charge < -0.3 is 48.4 Å². The Balaban J connectivity index is -0.0000000304. The molecule has 252 valence electrons. The van der Waals surface area contributed by atoms with E-state index in [4.69, 9.17) is 53.8 Å². The van der Waals surface area contributed by atoms with Gasteiger partial charge in [0.2, 0.25) is 0 Å². The molecule has 0 aromatic rings. The van der Waals surface area contributed by atoms with Crippen molar-refractivity contribution in [3.8, 4) is 0 Å². The van der Waals surface area contributed by atoms with E-state index in [0.29, 0.717) is 12.0 Å². The summed E-state index contributed by atoms with van der Waals surface area (Å²) >= 11 is 0. The molecule has 19 heteroatoms. The van der Waals surface area contributed by atoms with Crippen LogP contribution in [-0.4, -0.2) is 22.9 Å². The predicted molar refractivity (Wildman–Crippen MR) is 147 cm³/mol. The molecule has 0 unspecified atom stereocenters. The number of hydrogen-bond donors (Lipinski definition) is 1. The van der Waals surface area contributed by atoms with Crippen LogP contribution in [0.25, 0.3) is 0 Å². The van der Waals surface area contributed by atoms with E-state index in [1.807, 2.05) is 0 Å². The van der Waals surface area contributed by atoms with E-state index < -0.39 is 20.7 Å². The smallest absolute Gasteiger partial charge is 0.822 e. The molecule has 0 heterocycles. The van der Waals surface area contributed by atoms with Gasteiger partial charge in [-0.05, 0) is 18.8 Å². The summed E-state index contributed by atoms with van der Waals surface area (Å²) in [5.74, 6) is -0.211. The summed E-state index contributed by atoms with van der Waals surface area (Å²) in [5, 5.41) is 13.6. The minimum atomic E-state index is -5.39. The first-order chi connectivity index (χ1) is 17.8. The van der Waals surface area contributed by atoms with Crippen molar-refractivity contribution in [1.29, 1.82) is 0 Å². The average Bonchev–Trinajstić information content (AvgIpc) is 2.71. The summed E-state index contributed by atoms with van der Waals surface area (Å²) in [7, 11) is -10.8. The van der Waals surface area contributed by atoms with E-state index >= 15 is 0 Å². The first-order valence-electron chi connectivity index (χ1n) is 13.2. The van der Waals surface area contributed by atoms with Gasteiger partial charge >= 0.3 is 64.4 Å². The molecule has 0 radical (unpaired) electrons. The minimum Gasteiger partial charge on any atom is -0.822 e. The summed E-state index contributed by atoms with van der Waals surface area (Å²) in [6, 6.07) is 0. The van der Waals surface area contributed by atoms with Crippen LogP contribution >= 0.6 is 15.6 Å². The van der Waals surface area contributed by atoms with Gasteiger partial charge in [-0.15, -0.1) is 10.1 Å². The first kappa shape index (κ1) is 74.6. The minimum absolute atomic E-state index is 0. The van der Waals surface area contributed by atoms with Gasteiger partial charge in [0.25, 0.3) is 5.09 Å². The standard InChI is InChI=1S/C8H18.C5H12.C4H8O2.C4H10.C3H8.HNO3.2H3O4P.3Zn/c1-5-6-7-8(2,3)4;1-3-5-4-2;1-3-6-4(2)5;1-3-4-2;1-3-2;2-1(3)4;2*1-5(2,3)4;;;/h5-7H2,1-4H3;3-5H2,1-2H3;3H2,1-2H3;3-4H2,1-2H3;3H2,1-2H3;(H,2,3,4);2*(H3,1,2,3,4);;;/q;;;;;;;;3*+2/p-6. The number of ether oxygens (including phenoxy) is 1. The quantitative estimate of drug-likeness (QED) is 0.133. The molecule has 14 nitrogen and oxygen atoms in total. The summed E-state index contributed by atoms with van der Waals surface area (Å²) < 4.78 is 21.5. The van der Waals surface area contributed by atoms with Crippen LogP contribution in [0.15, 0.2) is 0 Å². The molecule has 43 heavy (non-hydrogen) atoms. The average molecular weight is 826 g/mol. The fourth-order valence-corrected chi connectivity index (χ4v) is 1.26. The number of phosphoric acid groups is 2. The van der Waals surface area contributed by atoms with E-state index in [0.717, 1.165) is 0 Å². The second kappa shape index (κ2) is 58.3. The second-order valence-corrected chi connectivity index (χ2v) is 10.6. The van der Waals surface area contributed by atoms with E-state index in [9.17, 15) is 4.79 Å². The van der Waals surface area contributed by atoms with Crippen molar-refractivity contribution >= 4 is 21.6 Å². The zero-order valence-electron chi connectivity index (χ0n) is 28.9. The number of carbonyl (C=O) groups excluding carboxylic acids is 1. The molecule has 0 saturated heterocycles. The fraction of sp³-hybridized carbons (Fsp3) is 0.958. The summed E-state index contributed by atoms with van der Waals surface area (Å²) in [4.78, 5) is 69.5. The van der Waals surface area contributed by atoms with Gasteiger partial charge in [-0.25, -0.2) is 0 Å². The molecule has 0 bridgehead atoms. The molecule has 0 rings (SSSR count). The zero-order valence-corrected chi connectivity index (χ0v) is 39.6. The van der Waals surface area contributed by atoms with Gasteiger partial charge in [-0.2, -0.15) is 15.6 Å². The summed E-state index contributed by atoms with van der Waals surface area (Å²) in [6.07, 6.45) is 12.0. The molecule has 0 aliphatic heterocycles. The van der Waals surface area contributed by atoms with Gasteiger partial charge in [0.05, 0.1) is 6.61 Å². The van der Waals surface area contributed by atoms with Crippen LogP contribution in [0.2, 0.25) is 0 Å². The molecule has 0 aromatic carbocycles. The van der Waals surface area contributed by atoms with E-state index in [1.54, 1.807) is 6.92 Å². The Morgan fingerprint density at radius 1 is 0.698 bits per heavy atom. The van der Waals surface area contributed by atoms with Crippen LogP contribution in [0.1, 0.15) is 141 Å². The summed E-state index contributed by atoms with van der Waals surface area (Å²) in [5.41, 5.74) is 0.552. The molecule has 1 N–H and O–H groups in total. The Morgan fingerprint density at radius 3 is 0.930 bits per heavy atom. The number of nitrogens with zero attached hydrogens (tertiary/aromatic N) is 1. The van der Waals surface area contributed by atoms with E-state index in [2.05, 4.69) is 74.0 Å². The normalized spacial score (nSPS) is 8.70. The molecule has 0 aromatic heterocycles. The largest absolute Gasteiger partial charge is 2.00 e. The van der Waals surface area contributed by atoms with Crippen molar-refractivity contribution in [2.24, 2.45) is 5.41 Å². The Bertz CT molecular complexity index is 533. The van der Waals surface area contributed by atoms with Crippen molar-refractivity contribution in [3.63, 3.8) is 0 Å². The maximum absolute atomic E-state index is 9.82. The third-order valence-electron chi connectivity index (χ3n) is 2.84. The Hall–Kier alpha value is 0.760. The Morgan fingerprint density at radius 2 is 0.907 bits per heavy atom. The van der Waals surface area contributed by atoms with Gasteiger partial charge in [-0.1, -0.05) is 121 Å². The number of rotatable bonds is 6. The van der Waals surface area contributed by atoms with Crippen LogP contribution < -0.4 is 29.4 Å². The number of unbranched alkanes of at least 4 members (excludes halogenated alkanes) is 4. The third-order valence-corrected chi connectivity index (χ3v) is 2.84. The number of esters is 1. The maximum Gasteiger partial charge on any atom is 2.00 e. The molecular weight excluding hydrogens is 768 g/mol. The molecule has 0 atom stereocenters. The molecule has 0 amide bonds. The van der Waals surface area contributed by atoms with Crippen LogP contribution in [-0.2, 0) is 77.1 Å². The molecule has 0 saturated carbocycles. The van der Waals surface area contributed by atoms with Crippen molar-refractivity contribution in [2.75, 3.05) is 6.61 Å². The molecule has 0 aliphatic rings. The van der Waals surface area contributed by atoms with Crippen LogP contribution in [0.5, 0.6) is 0 Å². The predicted octanol–water partition coefficient (Wildman–Crippen LogP) is 3.21. The van der Waals surface area contributed by atoms with Gasteiger partial charge in [-0.3, -0.25) is 4.79 Å². The second-order valence-electron chi connectivity index (χ2n) is 8.78. The van der Waals surface area contributed by atoms with Crippen molar-refractivity contribution in [1.82, 2.24) is 0 Å². The van der Waals surface area contributed by atoms with E-state index in [1.165, 1.54) is 64.7 Å². The molecular formula is C24H57NO13P2Zn3. The van der Waals surface area contributed by atoms with Crippen LogP contribution in [0.4, 0.5) is 0 Å². The SMILES string of the molecule is CCC.CCCC.CCCCC.CCCCC(C)(C)C.CCOC(C)=O.O=P([O-])([O-])[O-].O=P([O-])([O-])[O-].O=[N+]([O-])O.[Zn+2].[Zn+2].[Zn+2]. The summed E-state index contributed by atoms with van der Waals surface area (Å²) in [6.45, 7) is 25.8. The van der Waals surface area contributed by atoms with Crippen molar-refractivity contribution in [2.45, 2.75) is 141 Å². The zero-order chi connectivity index (χ0) is 34.4. The Kier molecular flexibility index (Phi) is 101. The van der Waals surface area contributed by atoms with E-state index in [-0.39, 0.29) is 64.4 Å². The molecule has 0 spiro atoms. The number of carbonyl (C=O) groups is 1.